The molecule has 52 heavy (non-hydrogen) atoms. The van der Waals surface area contributed by atoms with Crippen LogP contribution in [-0.4, -0.2) is 0 Å². The van der Waals surface area contributed by atoms with Gasteiger partial charge in [0, 0.05) is 25.1 Å². The highest BCUT2D eigenvalue weighted by atomic mass is 32.1. The van der Waals surface area contributed by atoms with Crippen LogP contribution in [0.15, 0.2) is 182 Å². The molecule has 2 aliphatic rings. The van der Waals surface area contributed by atoms with Gasteiger partial charge in [0.2, 0.25) is 0 Å². The Morgan fingerprint density at radius 3 is 1.50 bits per heavy atom. The van der Waals surface area contributed by atoms with E-state index in [1.54, 1.807) is 0 Å². The summed E-state index contributed by atoms with van der Waals surface area (Å²) in [5.74, 6) is 0. The van der Waals surface area contributed by atoms with Gasteiger partial charge < -0.3 is 0 Å². The first kappa shape index (κ1) is 38.0. The van der Waals surface area contributed by atoms with Crippen molar-refractivity contribution in [3.05, 3.63) is 208 Å². The lowest BCUT2D eigenvalue weighted by Gasteiger charge is -2.03. The predicted molar refractivity (Wildman–Crippen MR) is 233 cm³/mol. The third-order valence-electron chi connectivity index (χ3n) is 8.41. The molecule has 0 saturated carbocycles. The largest absolute Gasteiger partial charge is 0.135 e. The van der Waals surface area contributed by atoms with Crippen molar-refractivity contribution in [2.75, 3.05) is 0 Å². The second-order valence-corrected chi connectivity index (χ2v) is 14.6. The smallest absolute Gasteiger partial charge is 0.0427 e. The lowest BCUT2D eigenvalue weighted by Crippen LogP contribution is -1.80. The van der Waals surface area contributed by atoms with Gasteiger partial charge in [-0.3, -0.25) is 0 Å². The van der Waals surface area contributed by atoms with Crippen LogP contribution in [0.4, 0.5) is 0 Å². The molecule has 0 saturated heterocycles. The Bertz CT molecular complexity index is 2170. The minimum absolute atomic E-state index is 1.15. The first-order valence-electron chi connectivity index (χ1n) is 18.2. The fraction of sp³-hybridized carbons (Fsp3) is 0.140. The van der Waals surface area contributed by atoms with Crippen molar-refractivity contribution in [3.63, 3.8) is 0 Å². The van der Waals surface area contributed by atoms with Crippen molar-refractivity contribution in [3.8, 4) is 32.0 Å². The van der Waals surface area contributed by atoms with Crippen LogP contribution in [0.2, 0.25) is 0 Å². The van der Waals surface area contributed by atoms with Gasteiger partial charge in [-0.1, -0.05) is 170 Å². The number of hydrogen-bond acceptors (Lipinski definition) is 2. The Morgan fingerprint density at radius 1 is 0.442 bits per heavy atom. The molecule has 0 nitrogen and oxygen atoms in total. The SMILES string of the molecule is CC.Cc1ccc(-c2ccc(C3=C=CC=CC=C3)s2)cc1.Cc1ccc(-c2ccc(C3=CCCC=C3)s2)cc1.Cc1ccc(-c2ccccc2)cc1. The molecule has 0 radical (unpaired) electrons. The second-order valence-electron chi connectivity index (χ2n) is 12.4. The van der Waals surface area contributed by atoms with Crippen molar-refractivity contribution in [2.24, 2.45) is 0 Å². The van der Waals surface area contributed by atoms with Crippen LogP contribution >= 0.6 is 22.7 Å². The van der Waals surface area contributed by atoms with Gasteiger partial charge in [0.15, 0.2) is 0 Å². The third-order valence-corrected chi connectivity index (χ3v) is 10.8. The predicted octanol–water partition coefficient (Wildman–Crippen LogP) is 15.5. The normalized spacial score (nSPS) is 12.6. The molecule has 0 amide bonds. The van der Waals surface area contributed by atoms with Crippen molar-refractivity contribution in [2.45, 2.75) is 47.5 Å². The molecule has 6 aromatic rings. The van der Waals surface area contributed by atoms with Gasteiger partial charge in [-0.2, -0.15) is 0 Å². The first-order valence-corrected chi connectivity index (χ1v) is 19.8. The van der Waals surface area contributed by atoms with Crippen molar-refractivity contribution >= 4 is 33.8 Å². The maximum atomic E-state index is 3.30. The van der Waals surface area contributed by atoms with Crippen LogP contribution < -0.4 is 0 Å². The number of rotatable bonds is 5. The molecular weight excluding hydrogens is 665 g/mol. The van der Waals surface area contributed by atoms with E-state index in [9.17, 15) is 0 Å². The monoisotopic (exact) mass is 712 g/mol. The number of hydrogen-bond donors (Lipinski definition) is 0. The zero-order valence-corrected chi connectivity index (χ0v) is 32.6. The molecule has 2 aromatic heterocycles. The summed E-state index contributed by atoms with van der Waals surface area (Å²) in [5, 5.41) is 0. The van der Waals surface area contributed by atoms with Crippen LogP contribution in [0, 0.1) is 20.8 Å². The Labute approximate surface area is 319 Å². The van der Waals surface area contributed by atoms with E-state index in [1.807, 2.05) is 60.8 Å². The molecular formula is C50H48S2. The topological polar surface area (TPSA) is 0 Å². The van der Waals surface area contributed by atoms with E-state index in [4.69, 9.17) is 0 Å². The molecule has 4 aromatic carbocycles. The van der Waals surface area contributed by atoms with Crippen molar-refractivity contribution in [1.82, 2.24) is 0 Å². The summed E-state index contributed by atoms with van der Waals surface area (Å²) in [6, 6.07) is 45.3. The summed E-state index contributed by atoms with van der Waals surface area (Å²) in [6.45, 7) is 10.3. The van der Waals surface area contributed by atoms with E-state index >= 15 is 0 Å². The van der Waals surface area contributed by atoms with E-state index in [0.29, 0.717) is 0 Å². The molecule has 260 valence electrons. The Hall–Kier alpha value is -5.24. The number of benzene rings is 4. The highest BCUT2D eigenvalue weighted by molar-refractivity contribution is 7.17. The van der Waals surface area contributed by atoms with Crippen molar-refractivity contribution in [1.29, 1.82) is 0 Å². The van der Waals surface area contributed by atoms with Crippen LogP contribution in [-0.2, 0) is 0 Å². The van der Waals surface area contributed by atoms with Crippen LogP contribution in [0.1, 0.15) is 53.1 Å². The van der Waals surface area contributed by atoms with Crippen LogP contribution in [0.5, 0.6) is 0 Å². The summed E-state index contributed by atoms with van der Waals surface area (Å²) in [5.41, 5.74) is 14.9. The molecule has 2 heteroatoms. The average Bonchev–Trinajstić information content (AvgIpc) is 3.83. The van der Waals surface area contributed by atoms with Gasteiger partial charge in [-0.15, -0.1) is 28.4 Å². The lowest BCUT2D eigenvalue weighted by atomic mass is 10.0. The molecule has 0 N–H and O–H groups in total. The van der Waals surface area contributed by atoms with Gasteiger partial charge >= 0.3 is 0 Å². The fourth-order valence-corrected chi connectivity index (χ4v) is 7.54. The average molecular weight is 713 g/mol. The number of aryl methyl sites for hydroxylation is 3. The third kappa shape index (κ3) is 11.1. The molecule has 0 unspecified atom stereocenters. The Balaban J connectivity index is 0.000000150. The van der Waals surface area contributed by atoms with E-state index in [-0.39, 0.29) is 0 Å². The van der Waals surface area contributed by atoms with Crippen molar-refractivity contribution < 1.29 is 0 Å². The standard InChI is InChI=1S/C18H14S.C17H16S.C13H12.C2H6/c1-14-8-10-16(11-9-14)18-13-12-17(19-18)15-6-4-2-3-5-7-15;1-13-7-9-15(10-8-13)17-12-11-16(18-17)14-5-3-2-4-6-14;1-11-7-9-13(10-8-11)12-5-3-2-4-6-12;1-2/h2-6,8-13H,1H3;3,5-12H,2,4H2,1H3;2-10H,1H3;1-2H3. The van der Waals surface area contributed by atoms with E-state index in [1.165, 1.54) is 76.9 Å². The fourth-order valence-electron chi connectivity index (χ4n) is 5.51. The van der Waals surface area contributed by atoms with E-state index < -0.39 is 0 Å². The highest BCUT2D eigenvalue weighted by Gasteiger charge is 2.07. The Kier molecular flexibility index (Phi) is 14.6. The summed E-state index contributed by atoms with van der Waals surface area (Å²) in [7, 11) is 0. The maximum absolute atomic E-state index is 3.30. The van der Waals surface area contributed by atoms with E-state index in [2.05, 4.69) is 178 Å². The van der Waals surface area contributed by atoms with Gasteiger partial charge in [0.25, 0.3) is 0 Å². The van der Waals surface area contributed by atoms with Gasteiger partial charge in [0.05, 0.1) is 0 Å². The zero-order chi connectivity index (χ0) is 36.5. The van der Waals surface area contributed by atoms with E-state index in [0.717, 1.165) is 5.57 Å². The Morgan fingerprint density at radius 2 is 0.942 bits per heavy atom. The molecule has 8 rings (SSSR count). The summed E-state index contributed by atoms with van der Waals surface area (Å²) in [4.78, 5) is 5.29. The summed E-state index contributed by atoms with van der Waals surface area (Å²) in [6.07, 6.45) is 19.3. The van der Waals surface area contributed by atoms with Gasteiger partial charge in [-0.05, 0) is 97.9 Å². The van der Waals surface area contributed by atoms with Crippen LogP contribution in [0.3, 0.4) is 0 Å². The maximum Gasteiger partial charge on any atom is 0.0427 e. The number of allylic oxidation sites excluding steroid dienone is 9. The molecule has 0 fully saturated rings. The van der Waals surface area contributed by atoms with Gasteiger partial charge in [-0.25, -0.2) is 0 Å². The zero-order valence-electron chi connectivity index (χ0n) is 31.0. The molecule has 0 aliphatic heterocycles. The first-order chi connectivity index (χ1) is 25.5. The molecule has 0 spiro atoms. The minimum Gasteiger partial charge on any atom is -0.135 e. The van der Waals surface area contributed by atoms with Gasteiger partial charge in [0.1, 0.15) is 0 Å². The number of thiophene rings is 2. The molecule has 2 heterocycles. The molecule has 2 aliphatic carbocycles. The summed E-state index contributed by atoms with van der Waals surface area (Å²) >= 11 is 3.69. The quantitative estimate of drug-likeness (QED) is 0.156. The molecule has 0 atom stereocenters. The van der Waals surface area contributed by atoms with Crippen LogP contribution in [0.25, 0.3) is 43.2 Å². The summed E-state index contributed by atoms with van der Waals surface area (Å²) < 4.78 is 0. The minimum atomic E-state index is 1.15. The second kappa shape index (κ2) is 20.0. The highest BCUT2D eigenvalue weighted by Crippen LogP contribution is 2.34. The lowest BCUT2D eigenvalue weighted by molar-refractivity contribution is 1.04. The molecule has 0 bridgehead atoms.